The fourth-order valence-corrected chi connectivity index (χ4v) is 2.99. The molecular formula is C18H16N4O3. The van der Waals surface area contributed by atoms with Crippen LogP contribution in [0.4, 0.5) is 11.6 Å². The molecule has 2 heterocycles. The number of hydrogen-bond donors (Lipinski definition) is 0. The quantitative estimate of drug-likeness (QED) is 0.726. The molecule has 1 aliphatic heterocycles. The van der Waals surface area contributed by atoms with Crippen LogP contribution in [0.25, 0.3) is 5.69 Å². The monoisotopic (exact) mass is 336 g/mol. The van der Waals surface area contributed by atoms with E-state index in [0.717, 1.165) is 16.0 Å². The first kappa shape index (κ1) is 15.2. The first-order valence-electron chi connectivity index (χ1n) is 7.90. The third kappa shape index (κ3) is 2.50. The van der Waals surface area contributed by atoms with Gasteiger partial charge in [0, 0.05) is 18.8 Å². The molecule has 7 nitrogen and oxygen atoms in total. The van der Waals surface area contributed by atoms with E-state index in [-0.39, 0.29) is 5.69 Å². The van der Waals surface area contributed by atoms with Gasteiger partial charge in [0.15, 0.2) is 0 Å². The van der Waals surface area contributed by atoms with Crippen LogP contribution in [0.15, 0.2) is 64.2 Å². The van der Waals surface area contributed by atoms with Crippen molar-refractivity contribution < 1.29 is 4.74 Å². The summed E-state index contributed by atoms with van der Waals surface area (Å²) in [6.07, 6.45) is 0. The first-order valence-corrected chi connectivity index (χ1v) is 7.90. The van der Waals surface area contributed by atoms with Crippen molar-refractivity contribution in [3.05, 3.63) is 75.6 Å². The van der Waals surface area contributed by atoms with Gasteiger partial charge >= 0.3 is 11.4 Å². The van der Waals surface area contributed by atoms with E-state index < -0.39 is 5.69 Å². The van der Waals surface area contributed by atoms with E-state index in [2.05, 4.69) is 4.98 Å². The number of aromatic nitrogens is 3. The van der Waals surface area contributed by atoms with Crippen LogP contribution >= 0.6 is 0 Å². The highest BCUT2D eigenvalue weighted by Gasteiger charge is 2.26. The molecule has 7 heteroatoms. The van der Waals surface area contributed by atoms with E-state index in [4.69, 9.17) is 4.74 Å². The topological polar surface area (TPSA) is 69.4 Å². The first-order chi connectivity index (χ1) is 12.2. The Morgan fingerprint density at radius 1 is 0.920 bits per heavy atom. The maximum atomic E-state index is 12.8. The second kappa shape index (κ2) is 5.94. The molecule has 0 N–H and O–H groups in total. The Labute approximate surface area is 143 Å². The smallest absolute Gasteiger partial charge is 0.359 e. The number of benzene rings is 2. The fraction of sp³-hybridized carbons (Fsp3) is 0.167. The van der Waals surface area contributed by atoms with Gasteiger partial charge in [-0.3, -0.25) is 4.57 Å². The summed E-state index contributed by atoms with van der Waals surface area (Å²) in [5.41, 5.74) is 0.416. The average Bonchev–Trinajstić information content (AvgIpc) is 3.07. The molecule has 0 amide bonds. The molecule has 126 valence electrons. The van der Waals surface area contributed by atoms with Crippen LogP contribution in [0.5, 0.6) is 5.75 Å². The lowest BCUT2D eigenvalue weighted by molar-refractivity contribution is 0.415. The van der Waals surface area contributed by atoms with Gasteiger partial charge in [0.2, 0.25) is 5.95 Å². The number of methoxy groups -OCH3 is 1. The summed E-state index contributed by atoms with van der Waals surface area (Å²) < 4.78 is 7.79. The van der Waals surface area contributed by atoms with E-state index >= 15 is 0 Å². The van der Waals surface area contributed by atoms with Crippen LogP contribution in [0.2, 0.25) is 0 Å². The lowest BCUT2D eigenvalue weighted by Crippen LogP contribution is -2.40. The number of hydrogen-bond acceptors (Lipinski definition) is 5. The van der Waals surface area contributed by atoms with Crippen molar-refractivity contribution in [1.82, 2.24) is 14.1 Å². The molecule has 0 bridgehead atoms. The van der Waals surface area contributed by atoms with Crippen molar-refractivity contribution in [3.8, 4) is 11.4 Å². The largest absolute Gasteiger partial charge is 0.497 e. The SMILES string of the molecule is COc1ccc(N2CCn3c2nc(=O)n(-c2ccccc2)c3=O)cc1. The van der Waals surface area contributed by atoms with Crippen LogP contribution in [0, 0.1) is 0 Å². The number of anilines is 2. The Hall–Kier alpha value is -3.35. The molecule has 3 aromatic rings. The average molecular weight is 336 g/mol. The predicted molar refractivity (Wildman–Crippen MR) is 94.1 cm³/mol. The molecule has 0 saturated carbocycles. The van der Waals surface area contributed by atoms with E-state index in [0.29, 0.717) is 24.7 Å². The number of nitrogens with zero attached hydrogens (tertiary/aromatic N) is 4. The molecule has 0 aliphatic carbocycles. The number of ether oxygens (including phenoxy) is 1. The van der Waals surface area contributed by atoms with Crippen molar-refractivity contribution in [3.63, 3.8) is 0 Å². The molecule has 0 radical (unpaired) electrons. The van der Waals surface area contributed by atoms with E-state index in [9.17, 15) is 9.59 Å². The van der Waals surface area contributed by atoms with Crippen LogP contribution in [-0.2, 0) is 6.54 Å². The van der Waals surface area contributed by atoms with Crippen molar-refractivity contribution in [2.75, 3.05) is 18.6 Å². The summed E-state index contributed by atoms with van der Waals surface area (Å²) in [4.78, 5) is 31.3. The lowest BCUT2D eigenvalue weighted by atomic mass is 10.3. The third-order valence-electron chi connectivity index (χ3n) is 4.24. The van der Waals surface area contributed by atoms with E-state index in [1.807, 2.05) is 35.2 Å². The van der Waals surface area contributed by atoms with Crippen molar-refractivity contribution in [1.29, 1.82) is 0 Å². The zero-order chi connectivity index (χ0) is 17.4. The number of rotatable bonds is 3. The normalized spacial score (nSPS) is 12.9. The van der Waals surface area contributed by atoms with Crippen LogP contribution < -0.4 is 21.0 Å². The van der Waals surface area contributed by atoms with Gasteiger partial charge in [-0.25, -0.2) is 14.2 Å². The Bertz CT molecular complexity index is 1020. The molecule has 0 saturated heterocycles. The highest BCUT2D eigenvalue weighted by Crippen LogP contribution is 2.27. The third-order valence-corrected chi connectivity index (χ3v) is 4.24. The summed E-state index contributed by atoms with van der Waals surface area (Å²) in [5, 5.41) is 0. The van der Waals surface area contributed by atoms with Crippen LogP contribution in [0.3, 0.4) is 0 Å². The minimum atomic E-state index is -0.581. The zero-order valence-corrected chi connectivity index (χ0v) is 13.6. The maximum Gasteiger partial charge on any atom is 0.359 e. The molecule has 1 aromatic heterocycles. The minimum Gasteiger partial charge on any atom is -0.497 e. The maximum absolute atomic E-state index is 12.8. The fourth-order valence-electron chi connectivity index (χ4n) is 2.99. The standard InChI is InChI=1S/C18H16N4O3/c1-25-15-9-7-13(8-10-15)20-11-12-21-16(20)19-17(23)22(18(21)24)14-5-3-2-4-6-14/h2-10H,11-12H2,1H3. The summed E-state index contributed by atoms with van der Waals surface area (Å²) in [7, 11) is 1.60. The summed E-state index contributed by atoms with van der Waals surface area (Å²) in [5.74, 6) is 1.11. The lowest BCUT2D eigenvalue weighted by Gasteiger charge is -2.17. The number of para-hydroxylation sites is 1. The molecule has 0 spiro atoms. The van der Waals surface area contributed by atoms with Gasteiger partial charge in [0.1, 0.15) is 5.75 Å². The van der Waals surface area contributed by atoms with Crippen molar-refractivity contribution in [2.24, 2.45) is 0 Å². The van der Waals surface area contributed by atoms with Gasteiger partial charge in [-0.1, -0.05) is 18.2 Å². The Morgan fingerprint density at radius 3 is 2.32 bits per heavy atom. The van der Waals surface area contributed by atoms with E-state index in [1.54, 1.807) is 31.4 Å². The van der Waals surface area contributed by atoms with Gasteiger partial charge in [0.25, 0.3) is 0 Å². The Balaban J connectivity index is 1.82. The Kier molecular flexibility index (Phi) is 3.61. The second-order valence-corrected chi connectivity index (χ2v) is 5.65. The molecule has 0 atom stereocenters. The highest BCUT2D eigenvalue weighted by atomic mass is 16.5. The number of fused-ring (bicyclic) bond motifs is 1. The van der Waals surface area contributed by atoms with Gasteiger partial charge in [-0.15, -0.1) is 0 Å². The molecule has 2 aromatic carbocycles. The second-order valence-electron chi connectivity index (χ2n) is 5.65. The van der Waals surface area contributed by atoms with Crippen LogP contribution in [-0.4, -0.2) is 27.8 Å². The minimum absolute atomic E-state index is 0.368. The zero-order valence-electron chi connectivity index (χ0n) is 13.6. The van der Waals surface area contributed by atoms with Crippen LogP contribution in [0.1, 0.15) is 0 Å². The molecule has 0 unspecified atom stereocenters. The molecular weight excluding hydrogens is 320 g/mol. The summed E-state index contributed by atoms with van der Waals surface area (Å²) in [6.45, 7) is 1.05. The van der Waals surface area contributed by atoms with Gasteiger partial charge in [-0.2, -0.15) is 4.98 Å². The van der Waals surface area contributed by atoms with Crippen molar-refractivity contribution in [2.45, 2.75) is 6.54 Å². The summed E-state index contributed by atoms with van der Waals surface area (Å²) >= 11 is 0. The molecule has 0 fully saturated rings. The Morgan fingerprint density at radius 2 is 1.64 bits per heavy atom. The molecule has 25 heavy (non-hydrogen) atoms. The van der Waals surface area contributed by atoms with E-state index in [1.165, 1.54) is 4.57 Å². The predicted octanol–water partition coefficient (Wildman–Crippen LogP) is 1.55. The van der Waals surface area contributed by atoms with Crippen molar-refractivity contribution >= 4 is 11.6 Å². The molecule has 1 aliphatic rings. The van der Waals surface area contributed by atoms with Gasteiger partial charge < -0.3 is 9.64 Å². The van der Waals surface area contributed by atoms with Gasteiger partial charge in [0.05, 0.1) is 12.8 Å². The molecule has 4 rings (SSSR count). The highest BCUT2D eigenvalue weighted by molar-refractivity contribution is 5.60. The summed E-state index contributed by atoms with van der Waals surface area (Å²) in [6, 6.07) is 16.3. The van der Waals surface area contributed by atoms with Gasteiger partial charge in [-0.05, 0) is 36.4 Å².